The smallest absolute Gasteiger partial charge is 0.345 e. The van der Waals surface area contributed by atoms with Gasteiger partial charge in [0.1, 0.15) is 4.88 Å². The van der Waals surface area contributed by atoms with Gasteiger partial charge in [0, 0.05) is 4.88 Å². The number of aromatic hydroxyl groups is 1. The number of unbranched alkanes of at least 4 members (excludes halogenated alkanes) is 2. The Hall–Kier alpha value is -2.84. The molecule has 3 aromatic rings. The molecule has 31 heavy (non-hydrogen) atoms. The number of nitrogens with zero attached hydrogens (tertiary/aromatic N) is 1. The predicted molar refractivity (Wildman–Crippen MR) is 120 cm³/mol. The zero-order valence-corrected chi connectivity index (χ0v) is 18.3. The number of aryl methyl sites for hydroxylation is 1. The number of aliphatic hydroxyl groups excluding tert-OH is 1. The maximum Gasteiger partial charge on any atom is 0.345 e. The fourth-order valence-corrected chi connectivity index (χ4v) is 4.51. The van der Waals surface area contributed by atoms with Crippen molar-refractivity contribution in [2.75, 3.05) is 0 Å². The first-order valence-corrected chi connectivity index (χ1v) is 11.4. The number of hydrogen-bond acceptors (Lipinski definition) is 5. The summed E-state index contributed by atoms with van der Waals surface area (Å²) in [6.07, 6.45) is 5.08. The fraction of sp³-hybridized carbons (Fsp3) is 0.391. The van der Waals surface area contributed by atoms with Crippen LogP contribution in [0.5, 0.6) is 5.88 Å². The van der Waals surface area contributed by atoms with Gasteiger partial charge in [-0.05, 0) is 55.5 Å². The van der Waals surface area contributed by atoms with E-state index in [9.17, 15) is 19.8 Å². The second-order valence-corrected chi connectivity index (χ2v) is 8.76. The number of thiophene rings is 1. The molecule has 4 N–H and O–H groups in total. The van der Waals surface area contributed by atoms with Crippen molar-refractivity contribution in [1.29, 1.82) is 0 Å². The van der Waals surface area contributed by atoms with Gasteiger partial charge in [-0.25, -0.2) is 9.59 Å². The van der Waals surface area contributed by atoms with Crippen molar-refractivity contribution < 1.29 is 20.1 Å². The van der Waals surface area contributed by atoms with Crippen LogP contribution >= 0.6 is 11.3 Å². The second kappa shape index (κ2) is 10.5. The topological polar surface area (TPSA) is 116 Å². The van der Waals surface area contributed by atoms with Crippen molar-refractivity contribution in [2.45, 2.75) is 58.0 Å². The SMILES string of the molecule is CCCCC[C@H](O)c1ccc(-n2c(CCCc3ccc(C(=O)O)s3)c(O)[nH]c2=O)cc1. The Bertz CT molecular complexity index is 1060. The van der Waals surface area contributed by atoms with Gasteiger partial charge in [-0.1, -0.05) is 38.3 Å². The summed E-state index contributed by atoms with van der Waals surface area (Å²) >= 11 is 1.24. The highest BCUT2D eigenvalue weighted by molar-refractivity contribution is 7.13. The zero-order valence-electron chi connectivity index (χ0n) is 17.5. The third-order valence-electron chi connectivity index (χ3n) is 5.30. The first-order valence-electron chi connectivity index (χ1n) is 10.5. The van der Waals surface area contributed by atoms with Crippen LogP contribution in [0.4, 0.5) is 0 Å². The van der Waals surface area contributed by atoms with Crippen LogP contribution in [0.15, 0.2) is 41.2 Å². The number of aromatic amines is 1. The van der Waals surface area contributed by atoms with E-state index < -0.39 is 17.8 Å². The van der Waals surface area contributed by atoms with Crippen molar-refractivity contribution in [3.8, 4) is 11.6 Å². The highest BCUT2D eigenvalue weighted by Crippen LogP contribution is 2.24. The fourth-order valence-electron chi connectivity index (χ4n) is 3.62. The van der Waals surface area contributed by atoms with Crippen molar-refractivity contribution >= 4 is 17.3 Å². The summed E-state index contributed by atoms with van der Waals surface area (Å²) in [5.41, 5.74) is 1.48. The highest BCUT2D eigenvalue weighted by atomic mass is 32.1. The maximum atomic E-state index is 12.4. The lowest BCUT2D eigenvalue weighted by molar-refractivity contribution is 0.0702. The summed E-state index contributed by atoms with van der Waals surface area (Å²) in [5.74, 6) is -1.10. The molecular formula is C23H28N2O5S. The van der Waals surface area contributed by atoms with Gasteiger partial charge >= 0.3 is 11.7 Å². The Kier molecular flexibility index (Phi) is 7.70. The molecule has 0 fully saturated rings. The standard InChI is InChI=1S/C23H28N2O5S/c1-2-3-4-8-19(26)15-9-11-16(12-10-15)25-18(21(27)24-23(25)30)7-5-6-17-13-14-20(31-17)22(28)29/h9-14,19,26-27H,2-8H2,1H3,(H,24,30)(H,28,29)/t19-/m0/s1. The van der Waals surface area contributed by atoms with E-state index in [0.717, 1.165) is 29.7 Å². The van der Waals surface area contributed by atoms with Gasteiger partial charge in [-0.3, -0.25) is 9.55 Å². The number of aromatic nitrogens is 2. The number of imidazole rings is 1. The summed E-state index contributed by atoms with van der Waals surface area (Å²) in [4.78, 5) is 27.1. The van der Waals surface area contributed by atoms with Gasteiger partial charge in [-0.15, -0.1) is 11.3 Å². The van der Waals surface area contributed by atoms with E-state index in [-0.39, 0.29) is 5.88 Å². The molecule has 0 aliphatic carbocycles. The molecule has 0 spiro atoms. The normalized spacial score (nSPS) is 12.2. The minimum absolute atomic E-state index is 0.161. The number of hydrogen-bond donors (Lipinski definition) is 4. The molecule has 2 heterocycles. The van der Waals surface area contributed by atoms with E-state index in [1.54, 1.807) is 24.3 Å². The molecule has 3 rings (SSSR count). The van der Waals surface area contributed by atoms with E-state index >= 15 is 0 Å². The average molecular weight is 445 g/mol. The number of nitrogens with one attached hydrogen (secondary N) is 1. The van der Waals surface area contributed by atoms with Crippen molar-refractivity contribution in [2.24, 2.45) is 0 Å². The number of carboxylic acids is 1. The van der Waals surface area contributed by atoms with Gasteiger partial charge < -0.3 is 15.3 Å². The van der Waals surface area contributed by atoms with Crippen LogP contribution < -0.4 is 5.69 Å². The van der Waals surface area contributed by atoms with Crippen LogP contribution in [-0.4, -0.2) is 30.8 Å². The maximum absolute atomic E-state index is 12.4. The van der Waals surface area contributed by atoms with E-state index in [1.165, 1.54) is 15.9 Å². The van der Waals surface area contributed by atoms with E-state index in [4.69, 9.17) is 5.11 Å². The molecule has 2 aromatic heterocycles. The highest BCUT2D eigenvalue weighted by Gasteiger charge is 2.16. The lowest BCUT2D eigenvalue weighted by Gasteiger charge is -2.12. The third kappa shape index (κ3) is 5.65. The quantitative estimate of drug-likeness (QED) is 0.327. The van der Waals surface area contributed by atoms with Crippen LogP contribution in [0, 0.1) is 0 Å². The Morgan fingerprint density at radius 1 is 1.10 bits per heavy atom. The summed E-state index contributed by atoms with van der Waals surface area (Å²) in [6.45, 7) is 2.12. The van der Waals surface area contributed by atoms with Crippen molar-refractivity contribution in [3.63, 3.8) is 0 Å². The molecule has 0 amide bonds. The minimum Gasteiger partial charge on any atom is -0.493 e. The van der Waals surface area contributed by atoms with Crippen LogP contribution in [0.3, 0.4) is 0 Å². The van der Waals surface area contributed by atoms with Gasteiger partial charge in [0.15, 0.2) is 0 Å². The minimum atomic E-state index is -0.938. The molecule has 0 unspecified atom stereocenters. The number of benzene rings is 1. The summed E-state index contributed by atoms with van der Waals surface area (Å²) in [7, 11) is 0. The largest absolute Gasteiger partial charge is 0.493 e. The van der Waals surface area contributed by atoms with Gasteiger partial charge in [0.05, 0.1) is 17.5 Å². The molecule has 0 bridgehead atoms. The first-order chi connectivity index (χ1) is 14.9. The molecule has 1 aromatic carbocycles. The third-order valence-corrected chi connectivity index (χ3v) is 6.43. The van der Waals surface area contributed by atoms with Crippen LogP contribution in [0.2, 0.25) is 0 Å². The predicted octanol–water partition coefficient (Wildman–Crippen LogP) is 4.42. The van der Waals surface area contributed by atoms with Gasteiger partial charge in [0.25, 0.3) is 0 Å². The summed E-state index contributed by atoms with van der Waals surface area (Å²) < 4.78 is 1.44. The number of H-pyrrole nitrogens is 1. The molecule has 166 valence electrons. The Labute approximate surface area is 184 Å². The lowest BCUT2D eigenvalue weighted by atomic mass is 10.0. The Balaban J connectivity index is 1.70. The van der Waals surface area contributed by atoms with E-state index in [2.05, 4.69) is 11.9 Å². The molecule has 0 saturated heterocycles. The number of carbonyl (C=O) groups is 1. The molecule has 0 saturated carbocycles. The van der Waals surface area contributed by atoms with E-state index in [1.807, 2.05) is 12.1 Å². The van der Waals surface area contributed by atoms with E-state index in [0.29, 0.717) is 41.9 Å². The summed E-state index contributed by atoms with van der Waals surface area (Å²) in [5, 5.41) is 29.6. The molecule has 8 heteroatoms. The zero-order chi connectivity index (χ0) is 22.4. The van der Waals surface area contributed by atoms with Crippen LogP contribution in [-0.2, 0) is 12.8 Å². The number of rotatable bonds is 11. The number of aromatic carboxylic acids is 1. The number of aliphatic hydroxyl groups is 1. The number of carboxylic acid groups (broad SMARTS) is 1. The Morgan fingerprint density at radius 3 is 2.48 bits per heavy atom. The van der Waals surface area contributed by atoms with Gasteiger partial charge in [-0.2, -0.15) is 0 Å². The molecule has 7 nitrogen and oxygen atoms in total. The van der Waals surface area contributed by atoms with Crippen LogP contribution in [0.25, 0.3) is 5.69 Å². The monoisotopic (exact) mass is 444 g/mol. The molecule has 1 atom stereocenters. The Morgan fingerprint density at radius 2 is 1.84 bits per heavy atom. The van der Waals surface area contributed by atoms with Crippen LogP contribution in [0.1, 0.15) is 70.9 Å². The average Bonchev–Trinajstić information content (AvgIpc) is 3.33. The molecule has 0 aliphatic rings. The second-order valence-electron chi connectivity index (χ2n) is 7.59. The van der Waals surface area contributed by atoms with Gasteiger partial charge in [0.2, 0.25) is 5.88 Å². The first kappa shape index (κ1) is 22.8. The molecule has 0 aliphatic heterocycles. The molecule has 0 radical (unpaired) electrons. The van der Waals surface area contributed by atoms with Crippen molar-refractivity contribution in [3.05, 3.63) is 67.9 Å². The lowest BCUT2D eigenvalue weighted by Crippen LogP contribution is -2.17. The molecular weight excluding hydrogens is 416 g/mol. The summed E-state index contributed by atoms with van der Waals surface area (Å²) in [6, 6.07) is 10.5. The van der Waals surface area contributed by atoms with Crippen molar-refractivity contribution in [1.82, 2.24) is 9.55 Å².